The molecule has 0 unspecified atom stereocenters. The van der Waals surface area contributed by atoms with Gasteiger partial charge in [0.05, 0.1) is 28.4 Å². The second kappa shape index (κ2) is 5.53. The van der Waals surface area contributed by atoms with Gasteiger partial charge in [-0.1, -0.05) is 29.0 Å². The van der Waals surface area contributed by atoms with Crippen LogP contribution in [-0.4, -0.2) is 30.1 Å². The molecule has 1 aromatic carbocycles. The lowest BCUT2D eigenvalue weighted by Crippen LogP contribution is -2.53. The number of hydrogen-bond donors (Lipinski definition) is 0. The number of nitrogens with zero attached hydrogens (tertiary/aromatic N) is 2. The highest BCUT2D eigenvalue weighted by Crippen LogP contribution is 2.34. The van der Waals surface area contributed by atoms with E-state index in [0.717, 1.165) is 15.3 Å². The van der Waals surface area contributed by atoms with Gasteiger partial charge in [-0.05, 0) is 23.6 Å². The summed E-state index contributed by atoms with van der Waals surface area (Å²) >= 11 is 9.24. The highest BCUT2D eigenvalue weighted by atomic mass is 35.5. The lowest BCUT2D eigenvalue weighted by Gasteiger charge is -2.38. The van der Waals surface area contributed by atoms with Crippen molar-refractivity contribution in [3.8, 4) is 0 Å². The van der Waals surface area contributed by atoms with E-state index < -0.39 is 0 Å². The Morgan fingerprint density at radius 3 is 2.95 bits per heavy atom. The van der Waals surface area contributed by atoms with E-state index in [1.54, 1.807) is 22.8 Å². The van der Waals surface area contributed by atoms with Crippen molar-refractivity contribution >= 4 is 55.6 Å². The molecule has 0 radical (unpaired) electrons. The van der Waals surface area contributed by atoms with Gasteiger partial charge in [-0.15, -0.1) is 0 Å². The molecule has 7 heteroatoms. The Bertz CT molecular complexity index is 825. The number of benzene rings is 1. The summed E-state index contributed by atoms with van der Waals surface area (Å²) in [6, 6.07) is 7.55. The zero-order valence-corrected chi connectivity index (χ0v) is 13.7. The van der Waals surface area contributed by atoms with Gasteiger partial charge >= 0.3 is 5.97 Å². The summed E-state index contributed by atoms with van der Waals surface area (Å²) in [4.78, 5) is 18.5. The Morgan fingerprint density at radius 2 is 2.23 bits per heavy atom. The van der Waals surface area contributed by atoms with E-state index in [1.165, 1.54) is 11.3 Å². The number of ether oxygens (including phenoxy) is 1. The number of para-hydroxylation sites is 1. The first-order valence-electron chi connectivity index (χ1n) is 6.74. The molecule has 0 atom stereocenters. The average Bonchev–Trinajstić information content (AvgIpc) is 3.11. The average molecular weight is 351 g/mol. The van der Waals surface area contributed by atoms with Crippen molar-refractivity contribution in [2.24, 2.45) is 0 Å². The normalized spacial score (nSPS) is 15.0. The lowest BCUT2D eigenvalue weighted by atomic mass is 10.2. The van der Waals surface area contributed by atoms with Gasteiger partial charge in [0.15, 0.2) is 5.13 Å². The molecule has 0 N–H and O–H groups in total. The minimum absolute atomic E-state index is 0.0742. The summed E-state index contributed by atoms with van der Waals surface area (Å²) in [5.41, 5.74) is 1.46. The highest BCUT2D eigenvalue weighted by molar-refractivity contribution is 7.22. The molecular weight excluding hydrogens is 340 g/mol. The molecule has 2 aromatic heterocycles. The number of anilines is 1. The molecule has 1 fully saturated rings. The van der Waals surface area contributed by atoms with Gasteiger partial charge in [-0.3, -0.25) is 0 Å². The van der Waals surface area contributed by atoms with Crippen LogP contribution in [0.15, 0.2) is 35.0 Å². The summed E-state index contributed by atoms with van der Waals surface area (Å²) < 4.78 is 6.53. The van der Waals surface area contributed by atoms with Crippen LogP contribution in [-0.2, 0) is 4.74 Å². The molecule has 1 aliphatic heterocycles. The molecule has 3 heterocycles. The third-order valence-corrected chi connectivity index (χ3v) is 5.58. The molecule has 1 aliphatic rings. The first-order chi connectivity index (χ1) is 10.7. The molecule has 4 rings (SSSR count). The number of aromatic nitrogens is 1. The van der Waals surface area contributed by atoms with Crippen LogP contribution >= 0.6 is 34.3 Å². The largest absolute Gasteiger partial charge is 0.455 e. The smallest absolute Gasteiger partial charge is 0.339 e. The molecule has 0 saturated carbocycles. The summed E-state index contributed by atoms with van der Waals surface area (Å²) in [5.74, 6) is -0.252. The first-order valence-corrected chi connectivity index (χ1v) is 8.87. The topological polar surface area (TPSA) is 42.4 Å². The molecule has 0 amide bonds. The van der Waals surface area contributed by atoms with Crippen molar-refractivity contribution in [1.29, 1.82) is 0 Å². The Hall–Kier alpha value is -1.63. The summed E-state index contributed by atoms with van der Waals surface area (Å²) in [7, 11) is 0. The number of thiophene rings is 1. The summed E-state index contributed by atoms with van der Waals surface area (Å²) in [6.45, 7) is 1.35. The van der Waals surface area contributed by atoms with E-state index in [0.29, 0.717) is 23.7 Å². The van der Waals surface area contributed by atoms with Crippen LogP contribution in [0.2, 0.25) is 5.02 Å². The van der Waals surface area contributed by atoms with Gasteiger partial charge in [0.25, 0.3) is 0 Å². The predicted octanol–water partition coefficient (Wildman–Crippen LogP) is 4.06. The molecule has 112 valence electrons. The van der Waals surface area contributed by atoms with E-state index in [4.69, 9.17) is 16.3 Å². The van der Waals surface area contributed by atoms with E-state index in [9.17, 15) is 4.79 Å². The van der Waals surface area contributed by atoms with E-state index in [1.807, 2.05) is 23.6 Å². The van der Waals surface area contributed by atoms with E-state index in [2.05, 4.69) is 9.88 Å². The van der Waals surface area contributed by atoms with Gasteiger partial charge in [0.2, 0.25) is 0 Å². The third-order valence-electron chi connectivity index (χ3n) is 3.51. The molecule has 22 heavy (non-hydrogen) atoms. The second-order valence-electron chi connectivity index (χ2n) is 5.03. The van der Waals surface area contributed by atoms with Crippen molar-refractivity contribution < 1.29 is 9.53 Å². The van der Waals surface area contributed by atoms with Crippen molar-refractivity contribution in [2.45, 2.75) is 6.10 Å². The quantitative estimate of drug-likeness (QED) is 0.668. The predicted molar refractivity (Wildman–Crippen MR) is 90.4 cm³/mol. The molecule has 0 spiro atoms. The number of carbonyl (C=O) groups excluding carboxylic acids is 1. The maximum atomic E-state index is 11.9. The monoisotopic (exact) mass is 350 g/mol. The number of rotatable bonds is 3. The van der Waals surface area contributed by atoms with Crippen LogP contribution in [0.1, 0.15) is 10.4 Å². The van der Waals surface area contributed by atoms with E-state index in [-0.39, 0.29) is 12.1 Å². The third kappa shape index (κ3) is 2.47. The fraction of sp³-hybridized carbons (Fsp3) is 0.200. The summed E-state index contributed by atoms with van der Waals surface area (Å²) in [5, 5.41) is 5.26. The van der Waals surface area contributed by atoms with E-state index >= 15 is 0 Å². The molecule has 3 aromatic rings. The molecule has 0 aliphatic carbocycles. The van der Waals surface area contributed by atoms with Crippen LogP contribution < -0.4 is 4.90 Å². The Labute approximate surface area is 139 Å². The number of carbonyl (C=O) groups is 1. The standard InChI is InChI=1S/C15H11ClN2O2S2/c16-11-2-1-3-12-13(11)17-15(22-12)18-6-10(7-18)20-14(19)9-4-5-21-8-9/h1-5,8,10H,6-7H2. The summed E-state index contributed by atoms with van der Waals surface area (Å²) in [6.07, 6.45) is -0.0742. The number of fused-ring (bicyclic) bond motifs is 1. The van der Waals surface area contributed by atoms with Crippen LogP contribution in [0, 0.1) is 0 Å². The van der Waals surface area contributed by atoms with Gasteiger partial charge in [-0.2, -0.15) is 11.3 Å². The van der Waals surface area contributed by atoms with Gasteiger partial charge in [-0.25, -0.2) is 9.78 Å². The van der Waals surface area contributed by atoms with Crippen LogP contribution in [0.5, 0.6) is 0 Å². The zero-order valence-electron chi connectivity index (χ0n) is 11.4. The first kappa shape index (κ1) is 14.0. The fourth-order valence-corrected chi connectivity index (χ4v) is 4.22. The minimum Gasteiger partial charge on any atom is -0.455 e. The van der Waals surface area contributed by atoms with Crippen molar-refractivity contribution in [2.75, 3.05) is 18.0 Å². The molecule has 0 bridgehead atoms. The van der Waals surface area contributed by atoms with Crippen LogP contribution in [0.3, 0.4) is 0 Å². The number of hydrogen-bond acceptors (Lipinski definition) is 6. The number of thiazole rings is 1. The Kier molecular flexibility index (Phi) is 3.52. The fourth-order valence-electron chi connectivity index (χ4n) is 2.31. The maximum absolute atomic E-state index is 11.9. The zero-order chi connectivity index (χ0) is 15.1. The SMILES string of the molecule is O=C(OC1CN(c2nc3c(Cl)cccc3s2)C1)c1ccsc1. The Balaban J connectivity index is 1.42. The lowest BCUT2D eigenvalue weighted by molar-refractivity contribution is 0.0235. The maximum Gasteiger partial charge on any atom is 0.339 e. The van der Waals surface area contributed by atoms with Gasteiger partial charge in [0.1, 0.15) is 11.6 Å². The Morgan fingerprint density at radius 1 is 1.36 bits per heavy atom. The number of halogens is 1. The van der Waals surface area contributed by atoms with Crippen molar-refractivity contribution in [1.82, 2.24) is 4.98 Å². The van der Waals surface area contributed by atoms with Crippen LogP contribution in [0.25, 0.3) is 10.2 Å². The van der Waals surface area contributed by atoms with Crippen molar-refractivity contribution in [3.05, 3.63) is 45.6 Å². The molecular formula is C15H11ClN2O2S2. The second-order valence-corrected chi connectivity index (χ2v) is 7.22. The van der Waals surface area contributed by atoms with Crippen LogP contribution in [0.4, 0.5) is 5.13 Å². The highest BCUT2D eigenvalue weighted by Gasteiger charge is 2.32. The number of esters is 1. The molecule has 1 saturated heterocycles. The van der Waals surface area contributed by atoms with Gasteiger partial charge in [0, 0.05) is 5.38 Å². The van der Waals surface area contributed by atoms with Gasteiger partial charge < -0.3 is 9.64 Å². The molecule has 4 nitrogen and oxygen atoms in total. The van der Waals surface area contributed by atoms with Crippen molar-refractivity contribution in [3.63, 3.8) is 0 Å². The minimum atomic E-state index is -0.252.